The first-order chi connectivity index (χ1) is 18.7. The molecule has 0 unspecified atom stereocenters. The molecule has 0 saturated carbocycles. The molecule has 0 aliphatic heterocycles. The van der Waals surface area contributed by atoms with Crippen molar-refractivity contribution in [3.8, 4) is 0 Å². The Morgan fingerprint density at radius 1 is 0.368 bits per heavy atom. The van der Waals surface area contributed by atoms with Crippen LogP contribution >= 0.6 is 0 Å². The summed E-state index contributed by atoms with van der Waals surface area (Å²) >= 11 is 0. The van der Waals surface area contributed by atoms with Gasteiger partial charge in [-0.2, -0.15) is 0 Å². The van der Waals surface area contributed by atoms with Crippen molar-refractivity contribution in [3.05, 3.63) is 157 Å². The van der Waals surface area contributed by atoms with Crippen molar-refractivity contribution in [1.82, 2.24) is 9.97 Å². The number of para-hydroxylation sites is 4. The fourth-order valence-electron chi connectivity index (χ4n) is 5.49. The van der Waals surface area contributed by atoms with Crippen LogP contribution in [0.5, 0.6) is 0 Å². The molecule has 7 aromatic rings. The van der Waals surface area contributed by atoms with Crippen LogP contribution in [0.15, 0.2) is 134 Å². The van der Waals surface area contributed by atoms with Crippen molar-refractivity contribution in [2.75, 3.05) is 0 Å². The van der Waals surface area contributed by atoms with E-state index < -0.39 is 0 Å². The van der Waals surface area contributed by atoms with Gasteiger partial charge in [-0.1, -0.05) is 110 Å². The van der Waals surface area contributed by atoms with Gasteiger partial charge in [0.15, 0.2) is 0 Å². The maximum Gasteiger partial charge on any atom is 0.0715 e. The summed E-state index contributed by atoms with van der Waals surface area (Å²) in [6, 6.07) is 41.8. The highest BCUT2D eigenvalue weighted by Crippen LogP contribution is 2.37. The third-order valence-electron chi connectivity index (χ3n) is 7.36. The van der Waals surface area contributed by atoms with E-state index in [2.05, 4.69) is 110 Å². The molecule has 0 spiro atoms. The first-order valence-electron chi connectivity index (χ1n) is 12.7. The minimum absolute atomic E-state index is 0.976. The maximum absolute atomic E-state index is 4.88. The molecule has 0 amide bonds. The Bertz CT molecular complexity index is 1790. The Hall–Kier alpha value is -5.08. The van der Waals surface area contributed by atoms with Crippen LogP contribution in [-0.2, 0) is 0 Å². The van der Waals surface area contributed by atoms with Crippen LogP contribution in [0.4, 0.5) is 0 Å². The van der Waals surface area contributed by atoms with Crippen LogP contribution in [0, 0.1) is 0 Å². The second-order valence-electron chi connectivity index (χ2n) is 9.58. The SMILES string of the molecule is C=C(c1ccc(C(=C)c2c3ccccc3nc3ccccc23)cc1)c1c2ccccc2nc2ccccc12. The van der Waals surface area contributed by atoms with Gasteiger partial charge in [-0.25, -0.2) is 9.97 Å². The third-order valence-corrected chi connectivity index (χ3v) is 7.36. The minimum Gasteiger partial charge on any atom is -0.248 e. The predicted molar refractivity (Wildman–Crippen MR) is 161 cm³/mol. The van der Waals surface area contributed by atoms with Gasteiger partial charge < -0.3 is 0 Å². The highest BCUT2D eigenvalue weighted by Gasteiger charge is 2.15. The van der Waals surface area contributed by atoms with Crippen molar-refractivity contribution in [3.63, 3.8) is 0 Å². The summed E-state index contributed by atoms with van der Waals surface area (Å²) in [4.78, 5) is 9.75. The molecule has 0 radical (unpaired) electrons. The molecular formula is C36H24N2. The molecule has 0 aliphatic rings. The van der Waals surface area contributed by atoms with E-state index >= 15 is 0 Å². The fraction of sp³-hybridized carbons (Fsp3) is 0. The third kappa shape index (κ3) is 3.50. The molecule has 0 N–H and O–H groups in total. The number of pyridine rings is 2. The summed E-state index contributed by atoms with van der Waals surface area (Å²) < 4.78 is 0. The molecule has 0 atom stereocenters. The van der Waals surface area contributed by atoms with Crippen molar-refractivity contribution < 1.29 is 0 Å². The van der Waals surface area contributed by atoms with E-state index in [0.29, 0.717) is 0 Å². The molecule has 0 fully saturated rings. The largest absolute Gasteiger partial charge is 0.248 e. The number of rotatable bonds is 4. The standard InChI is InChI=1S/C36H24N2/c1-23(35-27-11-3-7-15-31(27)37-32-16-8-4-12-28(32)35)25-19-21-26(22-20-25)24(2)36-29-13-5-9-17-33(29)38-34-18-10-6-14-30(34)36/h3-22H,1-2H2. The van der Waals surface area contributed by atoms with Crippen LogP contribution in [0.2, 0.25) is 0 Å². The Balaban J connectivity index is 1.34. The van der Waals surface area contributed by atoms with Gasteiger partial charge in [0.1, 0.15) is 0 Å². The average Bonchev–Trinajstić information content (AvgIpc) is 2.98. The topological polar surface area (TPSA) is 25.8 Å². The quantitative estimate of drug-likeness (QED) is 0.233. The lowest BCUT2D eigenvalue weighted by Crippen LogP contribution is -1.95. The first-order valence-corrected chi connectivity index (χ1v) is 12.7. The zero-order valence-corrected chi connectivity index (χ0v) is 20.9. The summed E-state index contributed by atoms with van der Waals surface area (Å²) in [6.07, 6.45) is 0. The second-order valence-corrected chi connectivity index (χ2v) is 9.58. The van der Waals surface area contributed by atoms with Crippen molar-refractivity contribution in [2.45, 2.75) is 0 Å². The van der Waals surface area contributed by atoms with E-state index in [1.54, 1.807) is 0 Å². The van der Waals surface area contributed by atoms with Gasteiger partial charge in [-0.05, 0) is 46.5 Å². The molecule has 0 saturated heterocycles. The van der Waals surface area contributed by atoms with Gasteiger partial charge in [-0.3, -0.25) is 0 Å². The summed E-state index contributed by atoms with van der Waals surface area (Å²) in [5.41, 5.74) is 10.3. The summed E-state index contributed by atoms with van der Waals surface area (Å²) in [7, 11) is 0. The Morgan fingerprint density at radius 2 is 0.632 bits per heavy atom. The Kier molecular flexibility index (Phi) is 5.12. The van der Waals surface area contributed by atoms with Gasteiger partial charge in [0.2, 0.25) is 0 Å². The van der Waals surface area contributed by atoms with Crippen molar-refractivity contribution >= 4 is 54.8 Å². The molecule has 7 rings (SSSR count). The zero-order chi connectivity index (χ0) is 25.6. The van der Waals surface area contributed by atoms with Crippen molar-refractivity contribution in [2.24, 2.45) is 0 Å². The molecule has 2 aromatic heterocycles. The molecule has 38 heavy (non-hydrogen) atoms. The van der Waals surface area contributed by atoms with E-state index in [4.69, 9.17) is 9.97 Å². The molecular weight excluding hydrogens is 460 g/mol. The van der Waals surface area contributed by atoms with Gasteiger partial charge in [0.05, 0.1) is 22.1 Å². The number of aromatic nitrogens is 2. The fourth-order valence-corrected chi connectivity index (χ4v) is 5.49. The molecule has 5 aromatic carbocycles. The number of nitrogens with zero attached hydrogens (tertiary/aromatic N) is 2. The molecule has 2 heterocycles. The van der Waals surface area contributed by atoms with E-state index in [9.17, 15) is 0 Å². The average molecular weight is 485 g/mol. The smallest absolute Gasteiger partial charge is 0.0715 e. The molecule has 178 valence electrons. The summed E-state index contributed by atoms with van der Waals surface area (Å²) in [5.74, 6) is 0. The van der Waals surface area contributed by atoms with E-state index in [1.807, 2.05) is 24.3 Å². The minimum atomic E-state index is 0.976. The lowest BCUT2D eigenvalue weighted by atomic mass is 9.89. The van der Waals surface area contributed by atoms with Gasteiger partial charge >= 0.3 is 0 Å². The normalized spacial score (nSPS) is 11.4. The predicted octanol–water partition coefficient (Wildman–Crippen LogP) is 9.21. The van der Waals surface area contributed by atoms with Crippen LogP contribution in [0.1, 0.15) is 22.3 Å². The van der Waals surface area contributed by atoms with Crippen molar-refractivity contribution in [1.29, 1.82) is 0 Å². The first kappa shape index (κ1) is 22.1. The summed E-state index contributed by atoms with van der Waals surface area (Å²) in [6.45, 7) is 9.10. The van der Waals surface area contributed by atoms with E-state index in [0.717, 1.165) is 77.0 Å². The molecule has 0 bridgehead atoms. The lowest BCUT2D eigenvalue weighted by molar-refractivity contribution is 1.47. The highest BCUT2D eigenvalue weighted by atomic mass is 14.7. The molecule has 0 aliphatic carbocycles. The number of benzene rings is 5. The number of hydrogen-bond acceptors (Lipinski definition) is 2. The number of fused-ring (bicyclic) bond motifs is 4. The second kappa shape index (κ2) is 8.79. The number of hydrogen-bond donors (Lipinski definition) is 0. The zero-order valence-electron chi connectivity index (χ0n) is 20.9. The highest BCUT2D eigenvalue weighted by molar-refractivity contribution is 6.09. The Labute approximate surface area is 221 Å². The van der Waals surface area contributed by atoms with Gasteiger partial charge in [-0.15, -0.1) is 0 Å². The van der Waals surface area contributed by atoms with Gasteiger partial charge in [0.25, 0.3) is 0 Å². The van der Waals surface area contributed by atoms with E-state index in [-0.39, 0.29) is 0 Å². The van der Waals surface area contributed by atoms with Crippen LogP contribution < -0.4 is 0 Å². The molecule has 2 heteroatoms. The van der Waals surface area contributed by atoms with Crippen LogP contribution in [0.3, 0.4) is 0 Å². The lowest BCUT2D eigenvalue weighted by Gasteiger charge is -2.16. The molecule has 2 nitrogen and oxygen atoms in total. The summed E-state index contributed by atoms with van der Waals surface area (Å²) in [5, 5.41) is 4.44. The maximum atomic E-state index is 4.88. The monoisotopic (exact) mass is 484 g/mol. The van der Waals surface area contributed by atoms with Crippen LogP contribution in [-0.4, -0.2) is 9.97 Å². The van der Waals surface area contributed by atoms with E-state index in [1.165, 1.54) is 0 Å². The Morgan fingerprint density at radius 3 is 0.921 bits per heavy atom. The van der Waals surface area contributed by atoms with Gasteiger partial charge in [0, 0.05) is 32.7 Å². The van der Waals surface area contributed by atoms with Crippen LogP contribution in [0.25, 0.3) is 54.8 Å².